The lowest BCUT2D eigenvalue weighted by Gasteiger charge is -2.10. The lowest BCUT2D eigenvalue weighted by atomic mass is 10.2. The number of anilines is 1. The van der Waals surface area contributed by atoms with Gasteiger partial charge in [0.2, 0.25) is 0 Å². The molecule has 0 aliphatic rings. The van der Waals surface area contributed by atoms with Crippen LogP contribution in [-0.4, -0.2) is 19.6 Å². The van der Waals surface area contributed by atoms with Gasteiger partial charge in [-0.1, -0.05) is 42.5 Å². The van der Waals surface area contributed by atoms with Crippen molar-refractivity contribution in [2.24, 2.45) is 0 Å². The van der Waals surface area contributed by atoms with Crippen LogP contribution in [0.4, 0.5) is 5.69 Å². The van der Waals surface area contributed by atoms with Gasteiger partial charge in [-0.3, -0.25) is 4.79 Å². The monoisotopic (exact) mass is 347 g/mol. The molecule has 4 heteroatoms. The van der Waals surface area contributed by atoms with E-state index in [-0.39, 0.29) is 5.91 Å². The van der Waals surface area contributed by atoms with Gasteiger partial charge < -0.3 is 14.8 Å². The van der Waals surface area contributed by atoms with Crippen molar-refractivity contribution in [3.63, 3.8) is 0 Å². The summed E-state index contributed by atoms with van der Waals surface area (Å²) in [7, 11) is 1.55. The summed E-state index contributed by atoms with van der Waals surface area (Å²) in [6, 6.07) is 24.7. The number of carbonyl (C=O) groups is 1. The van der Waals surface area contributed by atoms with E-state index in [2.05, 4.69) is 17.4 Å². The van der Waals surface area contributed by atoms with Crippen molar-refractivity contribution in [2.45, 2.75) is 6.42 Å². The van der Waals surface area contributed by atoms with Crippen LogP contribution in [0.5, 0.6) is 11.5 Å². The zero-order valence-corrected chi connectivity index (χ0v) is 14.6. The molecule has 0 bridgehead atoms. The van der Waals surface area contributed by atoms with Crippen molar-refractivity contribution in [3.05, 3.63) is 90.0 Å². The summed E-state index contributed by atoms with van der Waals surface area (Å²) < 4.78 is 11.0. The number of carbonyl (C=O) groups excluding carboxylic acids is 1. The Morgan fingerprint density at radius 2 is 1.58 bits per heavy atom. The summed E-state index contributed by atoms with van der Waals surface area (Å²) in [5.41, 5.74) is 2.45. The highest BCUT2D eigenvalue weighted by atomic mass is 16.5. The number of ether oxygens (including phenoxy) is 2. The number of methoxy groups -OCH3 is 1. The summed E-state index contributed by atoms with van der Waals surface area (Å²) in [6.45, 7) is 0.608. The Balaban J connectivity index is 1.55. The molecule has 1 N–H and O–H groups in total. The minimum atomic E-state index is -0.208. The minimum Gasteiger partial charge on any atom is -0.496 e. The molecule has 132 valence electrons. The summed E-state index contributed by atoms with van der Waals surface area (Å²) in [5.74, 6) is 1.11. The highest BCUT2D eigenvalue weighted by Gasteiger charge is 2.11. The molecule has 0 unspecified atom stereocenters. The number of amides is 1. The fourth-order valence-corrected chi connectivity index (χ4v) is 2.60. The maximum atomic E-state index is 12.4. The van der Waals surface area contributed by atoms with Gasteiger partial charge in [0.05, 0.1) is 19.3 Å². The molecule has 0 fully saturated rings. The van der Waals surface area contributed by atoms with Gasteiger partial charge in [-0.15, -0.1) is 0 Å². The molecule has 0 saturated heterocycles. The summed E-state index contributed by atoms with van der Waals surface area (Å²) in [6.07, 6.45) is 0.854. The molecule has 1 amide bonds. The van der Waals surface area contributed by atoms with Crippen LogP contribution in [0.2, 0.25) is 0 Å². The van der Waals surface area contributed by atoms with Gasteiger partial charge in [0, 0.05) is 12.1 Å². The Kier molecular flexibility index (Phi) is 5.88. The second-order valence-electron chi connectivity index (χ2n) is 5.76. The Bertz CT molecular complexity index is 845. The van der Waals surface area contributed by atoms with Gasteiger partial charge in [-0.2, -0.15) is 0 Å². The first-order chi connectivity index (χ1) is 12.8. The number of para-hydroxylation sites is 1. The molecular formula is C22H21NO3. The Hall–Kier alpha value is -3.27. The van der Waals surface area contributed by atoms with E-state index in [1.807, 2.05) is 48.5 Å². The van der Waals surface area contributed by atoms with Crippen LogP contribution in [0.15, 0.2) is 78.9 Å². The third kappa shape index (κ3) is 4.63. The minimum absolute atomic E-state index is 0.208. The van der Waals surface area contributed by atoms with Gasteiger partial charge in [0.25, 0.3) is 5.91 Å². The molecule has 0 atom stereocenters. The van der Waals surface area contributed by atoms with Gasteiger partial charge in [-0.25, -0.2) is 0 Å². The van der Waals surface area contributed by atoms with Crippen molar-refractivity contribution < 1.29 is 14.3 Å². The molecule has 0 saturated carbocycles. The summed E-state index contributed by atoms with van der Waals surface area (Å²) in [4.78, 5) is 12.4. The van der Waals surface area contributed by atoms with Gasteiger partial charge in [0.1, 0.15) is 11.5 Å². The number of nitrogens with one attached hydrogen (secondary N) is 1. The molecule has 0 spiro atoms. The summed E-state index contributed by atoms with van der Waals surface area (Å²) in [5, 5.41) is 2.87. The van der Waals surface area contributed by atoms with E-state index in [1.54, 1.807) is 25.3 Å². The van der Waals surface area contributed by atoms with E-state index in [0.717, 1.165) is 12.2 Å². The Morgan fingerprint density at radius 3 is 2.31 bits per heavy atom. The second-order valence-corrected chi connectivity index (χ2v) is 5.76. The van der Waals surface area contributed by atoms with E-state index >= 15 is 0 Å². The lowest BCUT2D eigenvalue weighted by Crippen LogP contribution is -2.13. The van der Waals surface area contributed by atoms with Crippen LogP contribution in [0.1, 0.15) is 15.9 Å². The molecular weight excluding hydrogens is 326 g/mol. The van der Waals surface area contributed by atoms with Crippen LogP contribution in [0.3, 0.4) is 0 Å². The molecule has 0 aliphatic heterocycles. The maximum Gasteiger partial charge on any atom is 0.259 e. The zero-order chi connectivity index (χ0) is 18.2. The molecule has 4 nitrogen and oxygen atoms in total. The lowest BCUT2D eigenvalue weighted by molar-refractivity contribution is 0.102. The maximum absolute atomic E-state index is 12.4. The number of benzene rings is 3. The smallest absolute Gasteiger partial charge is 0.259 e. The van der Waals surface area contributed by atoms with Crippen molar-refractivity contribution in [1.82, 2.24) is 0 Å². The Morgan fingerprint density at radius 1 is 0.885 bits per heavy atom. The highest BCUT2D eigenvalue weighted by molar-refractivity contribution is 6.06. The van der Waals surface area contributed by atoms with Crippen molar-refractivity contribution in [2.75, 3.05) is 19.0 Å². The molecule has 3 aromatic rings. The van der Waals surface area contributed by atoms with Gasteiger partial charge >= 0.3 is 0 Å². The topological polar surface area (TPSA) is 47.6 Å². The number of hydrogen-bond acceptors (Lipinski definition) is 3. The molecule has 3 aromatic carbocycles. The SMILES string of the molecule is COc1ccccc1C(=O)Nc1ccc(OCCc2ccccc2)cc1. The van der Waals surface area contributed by atoms with Crippen LogP contribution in [0.25, 0.3) is 0 Å². The molecule has 0 aliphatic carbocycles. The third-order valence-corrected chi connectivity index (χ3v) is 3.97. The average Bonchev–Trinajstić information content (AvgIpc) is 2.70. The van der Waals surface area contributed by atoms with E-state index in [9.17, 15) is 4.79 Å². The first kappa shape index (κ1) is 17.5. The standard InChI is InChI=1S/C22H21NO3/c1-25-21-10-6-5-9-20(21)22(24)23-18-11-13-19(14-12-18)26-16-15-17-7-3-2-4-8-17/h2-14H,15-16H2,1H3,(H,23,24). The number of hydrogen-bond donors (Lipinski definition) is 1. The van der Waals surface area contributed by atoms with Crippen LogP contribution in [0, 0.1) is 0 Å². The third-order valence-electron chi connectivity index (χ3n) is 3.97. The van der Waals surface area contributed by atoms with Crippen LogP contribution in [-0.2, 0) is 6.42 Å². The zero-order valence-electron chi connectivity index (χ0n) is 14.6. The fourth-order valence-electron chi connectivity index (χ4n) is 2.60. The highest BCUT2D eigenvalue weighted by Crippen LogP contribution is 2.21. The van der Waals surface area contributed by atoms with Crippen LogP contribution < -0.4 is 14.8 Å². The molecule has 0 aromatic heterocycles. The first-order valence-corrected chi connectivity index (χ1v) is 8.47. The van der Waals surface area contributed by atoms with E-state index < -0.39 is 0 Å². The van der Waals surface area contributed by atoms with E-state index in [4.69, 9.17) is 9.47 Å². The quantitative estimate of drug-likeness (QED) is 0.681. The number of rotatable bonds is 7. The predicted molar refractivity (Wildman–Crippen MR) is 103 cm³/mol. The molecule has 0 radical (unpaired) electrons. The largest absolute Gasteiger partial charge is 0.496 e. The van der Waals surface area contributed by atoms with Crippen molar-refractivity contribution in [1.29, 1.82) is 0 Å². The van der Waals surface area contributed by atoms with Crippen LogP contribution >= 0.6 is 0 Å². The molecule has 26 heavy (non-hydrogen) atoms. The van der Waals surface area contributed by atoms with E-state index in [1.165, 1.54) is 5.56 Å². The molecule has 3 rings (SSSR count). The van der Waals surface area contributed by atoms with Gasteiger partial charge in [-0.05, 0) is 42.0 Å². The summed E-state index contributed by atoms with van der Waals surface area (Å²) >= 11 is 0. The van der Waals surface area contributed by atoms with Crippen molar-refractivity contribution in [3.8, 4) is 11.5 Å². The Labute approximate surface area is 153 Å². The normalized spacial score (nSPS) is 10.2. The van der Waals surface area contributed by atoms with Crippen molar-refractivity contribution >= 4 is 11.6 Å². The first-order valence-electron chi connectivity index (χ1n) is 8.47. The average molecular weight is 347 g/mol. The van der Waals surface area contributed by atoms with E-state index in [0.29, 0.717) is 23.6 Å². The predicted octanol–water partition coefficient (Wildman–Crippen LogP) is 4.57. The second kappa shape index (κ2) is 8.72. The molecule has 0 heterocycles. The van der Waals surface area contributed by atoms with Gasteiger partial charge in [0.15, 0.2) is 0 Å². The fraction of sp³-hybridized carbons (Fsp3) is 0.136.